The van der Waals surface area contributed by atoms with Gasteiger partial charge < -0.3 is 0 Å². The van der Waals surface area contributed by atoms with Crippen LogP contribution in [0.2, 0.25) is 0 Å². The molecular weight excluding hydrogens is 208 g/mol. The summed E-state index contributed by atoms with van der Waals surface area (Å²) >= 11 is 0. The Kier molecular flexibility index (Phi) is 4.19. The van der Waals surface area contributed by atoms with Crippen LogP contribution in [0, 0.1) is 5.92 Å². The van der Waals surface area contributed by atoms with E-state index >= 15 is 0 Å². The molecule has 0 bridgehead atoms. The molecule has 1 atom stereocenters. The van der Waals surface area contributed by atoms with Crippen molar-refractivity contribution < 1.29 is 0 Å². The van der Waals surface area contributed by atoms with Crippen molar-refractivity contribution in [1.82, 2.24) is 5.43 Å². The van der Waals surface area contributed by atoms with Crippen LogP contribution in [-0.2, 0) is 0 Å². The van der Waals surface area contributed by atoms with Crippen molar-refractivity contribution >= 4 is 0 Å². The summed E-state index contributed by atoms with van der Waals surface area (Å²) in [5.74, 6) is 7.16. The molecule has 1 fully saturated rings. The fourth-order valence-corrected chi connectivity index (χ4v) is 2.68. The number of nitrogens with two attached hydrogens (primary N) is 1. The van der Waals surface area contributed by atoms with E-state index in [1.165, 1.54) is 30.4 Å². The molecule has 1 saturated carbocycles. The summed E-state index contributed by atoms with van der Waals surface area (Å²) in [5, 5.41) is 0. The Hall–Kier alpha value is -0.860. The van der Waals surface area contributed by atoms with Gasteiger partial charge in [0.05, 0.1) is 0 Å². The lowest BCUT2D eigenvalue weighted by Crippen LogP contribution is -2.30. The van der Waals surface area contributed by atoms with E-state index in [1.807, 2.05) is 0 Å². The first-order valence-electron chi connectivity index (χ1n) is 6.77. The van der Waals surface area contributed by atoms with Gasteiger partial charge in [-0.1, -0.05) is 44.5 Å². The van der Waals surface area contributed by atoms with E-state index in [-0.39, 0.29) is 0 Å². The molecule has 1 aromatic carbocycles. The van der Waals surface area contributed by atoms with Crippen molar-refractivity contribution in [3.63, 3.8) is 0 Å². The summed E-state index contributed by atoms with van der Waals surface area (Å²) in [7, 11) is 0. The van der Waals surface area contributed by atoms with Crippen LogP contribution >= 0.6 is 0 Å². The molecule has 0 spiro atoms. The van der Waals surface area contributed by atoms with Crippen LogP contribution in [0.15, 0.2) is 24.3 Å². The van der Waals surface area contributed by atoms with Crippen LogP contribution in [0.5, 0.6) is 0 Å². The molecule has 0 amide bonds. The van der Waals surface area contributed by atoms with E-state index in [4.69, 9.17) is 5.84 Å². The van der Waals surface area contributed by atoms with Gasteiger partial charge in [-0.2, -0.15) is 0 Å². The summed E-state index contributed by atoms with van der Waals surface area (Å²) in [6.45, 7) is 4.49. The minimum atomic E-state index is 0.298. The smallest absolute Gasteiger partial charge is 0.0465 e. The van der Waals surface area contributed by atoms with Crippen molar-refractivity contribution in [1.29, 1.82) is 0 Å². The minimum absolute atomic E-state index is 0.298. The zero-order valence-electron chi connectivity index (χ0n) is 10.9. The molecule has 0 radical (unpaired) electrons. The van der Waals surface area contributed by atoms with E-state index in [0.29, 0.717) is 12.0 Å². The van der Waals surface area contributed by atoms with Crippen molar-refractivity contribution in [3.05, 3.63) is 35.4 Å². The molecule has 2 heteroatoms. The summed E-state index contributed by atoms with van der Waals surface area (Å²) in [4.78, 5) is 0. The normalized spacial score (nSPS) is 18.1. The fourth-order valence-electron chi connectivity index (χ4n) is 2.68. The zero-order valence-corrected chi connectivity index (χ0v) is 10.9. The Morgan fingerprint density at radius 1 is 1.29 bits per heavy atom. The predicted molar refractivity (Wildman–Crippen MR) is 72.6 cm³/mol. The van der Waals surface area contributed by atoms with Gasteiger partial charge in [0.25, 0.3) is 0 Å². The number of hydrazine groups is 1. The molecule has 1 aromatic rings. The summed E-state index contributed by atoms with van der Waals surface area (Å²) in [6.07, 6.45) is 5.16. The number of hydrogen-bond donors (Lipinski definition) is 2. The highest BCUT2D eigenvalue weighted by Gasteiger charge is 2.24. The lowest BCUT2D eigenvalue weighted by Gasteiger charge is -2.30. The minimum Gasteiger partial charge on any atom is -0.271 e. The predicted octanol–water partition coefficient (Wildman–Crippen LogP) is 3.50. The Balaban J connectivity index is 2.22. The van der Waals surface area contributed by atoms with Crippen molar-refractivity contribution in [2.75, 3.05) is 0 Å². The maximum absolute atomic E-state index is 5.73. The van der Waals surface area contributed by atoms with Gasteiger partial charge in [-0.3, -0.25) is 11.3 Å². The van der Waals surface area contributed by atoms with Crippen LogP contribution in [0.1, 0.15) is 62.6 Å². The molecule has 1 aliphatic rings. The first-order chi connectivity index (χ1) is 8.22. The van der Waals surface area contributed by atoms with Gasteiger partial charge in [-0.25, -0.2) is 0 Å². The van der Waals surface area contributed by atoms with E-state index in [2.05, 4.69) is 43.5 Å². The third-order valence-electron chi connectivity index (χ3n) is 3.82. The lowest BCUT2D eigenvalue weighted by atomic mass is 9.76. The summed E-state index contributed by atoms with van der Waals surface area (Å²) in [5.41, 5.74) is 5.92. The molecule has 0 saturated heterocycles. The second-order valence-corrected chi connectivity index (χ2v) is 5.61. The van der Waals surface area contributed by atoms with E-state index < -0.39 is 0 Å². The van der Waals surface area contributed by atoms with Crippen LogP contribution < -0.4 is 11.3 Å². The first kappa shape index (κ1) is 12.6. The van der Waals surface area contributed by atoms with Crippen molar-refractivity contribution in [3.8, 4) is 0 Å². The van der Waals surface area contributed by atoms with Gasteiger partial charge in [0.1, 0.15) is 0 Å². The van der Waals surface area contributed by atoms with Crippen LogP contribution in [-0.4, -0.2) is 0 Å². The quantitative estimate of drug-likeness (QED) is 0.602. The zero-order chi connectivity index (χ0) is 12.3. The first-order valence-corrected chi connectivity index (χ1v) is 6.77. The van der Waals surface area contributed by atoms with E-state index in [9.17, 15) is 0 Å². The molecule has 0 aromatic heterocycles. The fraction of sp³-hybridized carbons (Fsp3) is 0.600. The number of rotatable bonds is 5. The van der Waals surface area contributed by atoms with Gasteiger partial charge in [0, 0.05) is 6.04 Å². The highest BCUT2D eigenvalue weighted by atomic mass is 15.2. The Bertz CT molecular complexity index is 356. The summed E-state index contributed by atoms with van der Waals surface area (Å²) in [6, 6.07) is 9.10. The van der Waals surface area contributed by atoms with Crippen LogP contribution in [0.25, 0.3) is 0 Å². The number of nitrogens with one attached hydrogen (secondary N) is 1. The average Bonchev–Trinajstić information content (AvgIpc) is 2.24. The van der Waals surface area contributed by atoms with Crippen LogP contribution in [0.4, 0.5) is 0 Å². The van der Waals surface area contributed by atoms with Crippen LogP contribution in [0.3, 0.4) is 0 Å². The second kappa shape index (κ2) is 5.65. The Morgan fingerprint density at radius 3 is 2.53 bits per heavy atom. The molecule has 0 aliphatic heterocycles. The number of hydrogen-bond acceptors (Lipinski definition) is 2. The van der Waals surface area contributed by atoms with Gasteiger partial charge in [0.15, 0.2) is 0 Å². The van der Waals surface area contributed by atoms with E-state index in [0.717, 1.165) is 12.3 Å². The van der Waals surface area contributed by atoms with Gasteiger partial charge in [-0.05, 0) is 42.2 Å². The largest absolute Gasteiger partial charge is 0.271 e. The van der Waals surface area contributed by atoms with Crippen molar-refractivity contribution in [2.45, 2.75) is 51.5 Å². The lowest BCUT2D eigenvalue weighted by molar-refractivity contribution is 0.398. The molecule has 2 rings (SSSR count). The standard InChI is InChI=1S/C15H24N2/c1-11(2)10-15(17-16)14-9-4-3-8-13(14)12-6-5-7-12/h3-4,8-9,11-12,15,17H,5-7,10,16H2,1-2H3. The maximum Gasteiger partial charge on any atom is 0.0465 e. The third kappa shape index (κ3) is 2.88. The molecule has 1 unspecified atom stereocenters. The Morgan fingerprint density at radius 2 is 2.00 bits per heavy atom. The summed E-state index contributed by atoms with van der Waals surface area (Å²) < 4.78 is 0. The van der Waals surface area contributed by atoms with Gasteiger partial charge in [-0.15, -0.1) is 0 Å². The third-order valence-corrected chi connectivity index (χ3v) is 3.82. The molecule has 0 heterocycles. The van der Waals surface area contributed by atoms with Crippen molar-refractivity contribution in [2.24, 2.45) is 11.8 Å². The monoisotopic (exact) mass is 232 g/mol. The second-order valence-electron chi connectivity index (χ2n) is 5.61. The Labute approximate surface area is 105 Å². The average molecular weight is 232 g/mol. The molecule has 1 aliphatic carbocycles. The SMILES string of the molecule is CC(C)CC(NN)c1ccccc1C1CCC1. The molecule has 94 valence electrons. The van der Waals surface area contributed by atoms with Gasteiger partial charge >= 0.3 is 0 Å². The van der Waals surface area contributed by atoms with E-state index in [1.54, 1.807) is 0 Å². The van der Waals surface area contributed by atoms with Gasteiger partial charge in [0.2, 0.25) is 0 Å². The molecular formula is C15H24N2. The topological polar surface area (TPSA) is 38.0 Å². The number of benzene rings is 1. The molecule has 2 nitrogen and oxygen atoms in total. The maximum atomic E-state index is 5.73. The molecule has 3 N–H and O–H groups in total. The highest BCUT2D eigenvalue weighted by molar-refractivity contribution is 5.34. The molecule has 17 heavy (non-hydrogen) atoms. The highest BCUT2D eigenvalue weighted by Crippen LogP contribution is 2.40.